The maximum Gasteiger partial charge on any atom is 0.222 e. The lowest BCUT2D eigenvalue weighted by Gasteiger charge is -2.11. The first-order valence-corrected chi connectivity index (χ1v) is 9.30. The van der Waals surface area contributed by atoms with E-state index in [-0.39, 0.29) is 0 Å². The van der Waals surface area contributed by atoms with E-state index in [1.165, 1.54) is 0 Å². The Labute approximate surface area is 145 Å². The van der Waals surface area contributed by atoms with E-state index in [2.05, 4.69) is 45.6 Å². The van der Waals surface area contributed by atoms with Crippen molar-refractivity contribution < 1.29 is 4.21 Å². The van der Waals surface area contributed by atoms with Crippen LogP contribution in [-0.2, 0) is 10.1 Å². The molecule has 0 spiro atoms. The summed E-state index contributed by atoms with van der Waals surface area (Å²) >= 11 is 6.73. The molecule has 0 saturated heterocycles. The fourth-order valence-corrected chi connectivity index (χ4v) is 3.20. The van der Waals surface area contributed by atoms with Gasteiger partial charge in [-0.05, 0) is 24.3 Å². The van der Waals surface area contributed by atoms with Crippen LogP contribution in [0.1, 0.15) is 11.1 Å². The Morgan fingerprint density at radius 3 is 1.77 bits per heavy atom. The molecular weight excluding hydrogens is 432 g/mol. The zero-order valence-corrected chi connectivity index (χ0v) is 15.1. The molecule has 112 valence electrons. The van der Waals surface area contributed by atoms with E-state index in [0.717, 1.165) is 20.1 Å². The summed E-state index contributed by atoms with van der Waals surface area (Å²) in [5.41, 5.74) is 1.46. The fourth-order valence-electron chi connectivity index (χ4n) is 1.84. The van der Waals surface area contributed by atoms with Gasteiger partial charge in [0.15, 0.2) is 11.7 Å². The van der Waals surface area contributed by atoms with Crippen LogP contribution >= 0.6 is 31.9 Å². The molecule has 0 radical (unpaired) electrons. The number of nitrogens with two attached hydrogens (primary N) is 1. The summed E-state index contributed by atoms with van der Waals surface area (Å²) in [5, 5.41) is 5.67. The van der Waals surface area contributed by atoms with Crippen LogP contribution in [0, 0.1) is 0 Å². The Hall–Kier alpha value is -1.35. The number of rotatable bonds is 2. The van der Waals surface area contributed by atoms with Crippen molar-refractivity contribution in [3.8, 4) is 0 Å². The van der Waals surface area contributed by atoms with Crippen LogP contribution in [0.5, 0.6) is 0 Å². The number of amidine groups is 2. The topological polar surface area (TPSA) is 80.2 Å². The van der Waals surface area contributed by atoms with Crippen molar-refractivity contribution in [2.45, 2.75) is 0 Å². The fraction of sp³-hybridized carbons (Fsp3) is 0. The van der Waals surface area contributed by atoms with E-state index in [0.29, 0.717) is 11.7 Å². The molecule has 3 rings (SSSR count). The number of benzene rings is 2. The minimum absolute atomic E-state index is 0.313. The molecule has 1 heterocycles. The molecule has 8 heteroatoms. The highest BCUT2D eigenvalue weighted by atomic mass is 79.9. The summed E-state index contributed by atoms with van der Waals surface area (Å²) in [6.07, 6.45) is 0. The maximum atomic E-state index is 12.2. The second-order valence-corrected chi connectivity index (χ2v) is 7.77. The lowest BCUT2D eigenvalue weighted by Crippen LogP contribution is -2.20. The van der Waals surface area contributed by atoms with Gasteiger partial charge in [-0.2, -0.15) is 0 Å². The Morgan fingerprint density at radius 2 is 1.27 bits per heavy atom. The van der Waals surface area contributed by atoms with Crippen LogP contribution < -0.4 is 5.14 Å². The summed E-state index contributed by atoms with van der Waals surface area (Å²) in [6.45, 7) is 0. The van der Waals surface area contributed by atoms with E-state index in [9.17, 15) is 4.21 Å². The monoisotopic (exact) mass is 440 g/mol. The number of nitrogens with zero attached hydrogens (tertiary/aromatic N) is 3. The van der Waals surface area contributed by atoms with Gasteiger partial charge in [0, 0.05) is 20.1 Å². The van der Waals surface area contributed by atoms with Gasteiger partial charge < -0.3 is 0 Å². The van der Waals surface area contributed by atoms with Crippen molar-refractivity contribution in [3.05, 3.63) is 68.6 Å². The molecule has 2 aromatic carbocycles. The molecule has 1 aliphatic rings. The van der Waals surface area contributed by atoms with Crippen molar-refractivity contribution in [1.82, 2.24) is 0 Å². The largest absolute Gasteiger partial charge is 0.226 e. The van der Waals surface area contributed by atoms with Gasteiger partial charge in [0.2, 0.25) is 10.1 Å². The Bertz CT molecular complexity index is 849. The molecule has 5 nitrogen and oxygen atoms in total. The summed E-state index contributed by atoms with van der Waals surface area (Å²) in [7, 11) is -3.19. The second-order valence-electron chi connectivity index (χ2n) is 4.49. The first-order valence-electron chi connectivity index (χ1n) is 6.18. The van der Waals surface area contributed by atoms with Crippen molar-refractivity contribution in [2.24, 2.45) is 18.9 Å². The quantitative estimate of drug-likeness (QED) is 0.757. The summed E-state index contributed by atoms with van der Waals surface area (Å²) < 4.78 is 22.0. The average Bonchev–Trinajstić information content (AvgIpc) is 2.47. The van der Waals surface area contributed by atoms with Crippen LogP contribution in [-0.4, -0.2) is 15.9 Å². The summed E-state index contributed by atoms with van der Waals surface area (Å²) in [5.74, 6) is 0.626. The molecule has 1 unspecified atom stereocenters. The first-order chi connectivity index (χ1) is 10.4. The van der Waals surface area contributed by atoms with Crippen molar-refractivity contribution in [1.29, 1.82) is 0 Å². The van der Waals surface area contributed by atoms with E-state index < -0.39 is 10.1 Å². The van der Waals surface area contributed by atoms with Gasteiger partial charge in [0.25, 0.3) is 0 Å². The number of aliphatic imine (C=N–C) groups is 1. The number of hydrogen-bond acceptors (Lipinski definition) is 3. The lowest BCUT2D eigenvalue weighted by molar-refractivity contribution is 0.679. The Morgan fingerprint density at radius 1 is 0.818 bits per heavy atom. The third-order valence-electron chi connectivity index (χ3n) is 2.85. The smallest absolute Gasteiger partial charge is 0.222 e. The molecule has 0 aliphatic carbocycles. The predicted molar refractivity (Wildman–Crippen MR) is 96.1 cm³/mol. The molecule has 1 aliphatic heterocycles. The minimum Gasteiger partial charge on any atom is -0.226 e. The third-order valence-corrected chi connectivity index (χ3v) is 4.78. The maximum absolute atomic E-state index is 12.2. The first kappa shape index (κ1) is 15.5. The lowest BCUT2D eigenvalue weighted by atomic mass is 10.2. The zero-order valence-electron chi connectivity index (χ0n) is 11.1. The molecule has 0 bridgehead atoms. The molecular formula is C14H10Br2N4OS. The summed E-state index contributed by atoms with van der Waals surface area (Å²) in [6, 6.07) is 14.7. The molecule has 22 heavy (non-hydrogen) atoms. The summed E-state index contributed by atoms with van der Waals surface area (Å²) in [4.78, 5) is 4.39. The molecule has 2 aromatic rings. The van der Waals surface area contributed by atoms with Gasteiger partial charge in [-0.25, -0.2) is 14.3 Å². The van der Waals surface area contributed by atoms with Gasteiger partial charge in [-0.15, -0.1) is 8.76 Å². The van der Waals surface area contributed by atoms with Gasteiger partial charge in [-0.3, -0.25) is 0 Å². The zero-order chi connectivity index (χ0) is 15.7. The molecule has 0 saturated carbocycles. The van der Waals surface area contributed by atoms with E-state index in [4.69, 9.17) is 5.14 Å². The van der Waals surface area contributed by atoms with Crippen molar-refractivity contribution in [3.63, 3.8) is 0 Å². The number of halogens is 2. The van der Waals surface area contributed by atoms with Crippen molar-refractivity contribution in [2.75, 3.05) is 0 Å². The van der Waals surface area contributed by atoms with Gasteiger partial charge in [0.05, 0.1) is 0 Å². The molecule has 2 N–H and O–H groups in total. The number of hydrogen-bond donors (Lipinski definition) is 1. The highest BCUT2D eigenvalue weighted by Gasteiger charge is 2.16. The van der Waals surface area contributed by atoms with E-state index in [1.807, 2.05) is 48.5 Å². The van der Waals surface area contributed by atoms with Crippen LogP contribution in [0.2, 0.25) is 0 Å². The minimum atomic E-state index is -3.19. The van der Waals surface area contributed by atoms with Gasteiger partial charge >= 0.3 is 0 Å². The van der Waals surface area contributed by atoms with Gasteiger partial charge in [0.1, 0.15) is 0 Å². The second kappa shape index (κ2) is 6.04. The van der Waals surface area contributed by atoms with Gasteiger partial charge in [-0.1, -0.05) is 56.1 Å². The molecule has 0 aromatic heterocycles. The van der Waals surface area contributed by atoms with E-state index >= 15 is 0 Å². The highest BCUT2D eigenvalue weighted by Crippen LogP contribution is 2.18. The average molecular weight is 442 g/mol. The van der Waals surface area contributed by atoms with E-state index in [1.54, 1.807) is 0 Å². The van der Waals surface area contributed by atoms with Crippen LogP contribution in [0.4, 0.5) is 0 Å². The predicted octanol–water partition coefficient (Wildman–Crippen LogP) is 3.68. The normalized spacial score (nSPS) is 20.9. The van der Waals surface area contributed by atoms with Crippen LogP contribution in [0.3, 0.4) is 0 Å². The molecule has 0 amide bonds. The Kier molecular flexibility index (Phi) is 4.26. The standard InChI is InChI=1S/C14H10Br2N4OS/c15-11-5-1-9(2-6-11)13-18-14(20-22(17,21)19-13)10-3-7-12(16)8-4-10/h1-8H,(H2,17,18,19,20,21). The highest BCUT2D eigenvalue weighted by molar-refractivity contribution is 9.10. The van der Waals surface area contributed by atoms with Crippen LogP contribution in [0.25, 0.3) is 0 Å². The molecule has 0 fully saturated rings. The Balaban J connectivity index is 2.10. The SMILES string of the molecule is NS1(=O)=NC(c2ccc(Br)cc2)=NC(c2ccc(Br)cc2)=N1. The van der Waals surface area contributed by atoms with Crippen molar-refractivity contribution >= 4 is 53.6 Å². The molecule has 1 atom stereocenters. The van der Waals surface area contributed by atoms with Crippen LogP contribution in [0.15, 0.2) is 71.2 Å². The third kappa shape index (κ3) is 3.52.